The fraction of sp³-hybridized carbons (Fsp3) is 0.190. The number of fused-ring (bicyclic) bond motifs is 1. The molecular formula is C21H18N6O2. The number of benzene rings is 1. The molecule has 1 aromatic carbocycles. The molecule has 3 aromatic heterocycles. The van der Waals surface area contributed by atoms with Crippen LogP contribution in [0.4, 0.5) is 5.82 Å². The number of ketones is 1. The molecule has 4 aromatic rings. The zero-order valence-corrected chi connectivity index (χ0v) is 15.5. The minimum atomic E-state index is -0.0517. The Balaban J connectivity index is 1.38. The topological polar surface area (TPSA) is 111 Å². The molecule has 1 saturated heterocycles. The Hall–Kier alpha value is -3.65. The van der Waals surface area contributed by atoms with E-state index in [-0.39, 0.29) is 18.2 Å². The summed E-state index contributed by atoms with van der Waals surface area (Å²) >= 11 is 0. The summed E-state index contributed by atoms with van der Waals surface area (Å²) in [5, 5.41) is 0.893. The van der Waals surface area contributed by atoms with Gasteiger partial charge in [-0.25, -0.2) is 19.9 Å². The molecule has 0 radical (unpaired) electrons. The van der Waals surface area contributed by atoms with Crippen LogP contribution in [-0.2, 0) is 6.42 Å². The molecule has 5 rings (SSSR count). The Labute approximate surface area is 166 Å². The molecule has 8 nitrogen and oxygen atoms in total. The molecule has 0 amide bonds. The van der Waals surface area contributed by atoms with Gasteiger partial charge in [0.15, 0.2) is 17.9 Å². The third kappa shape index (κ3) is 3.45. The van der Waals surface area contributed by atoms with Crippen molar-refractivity contribution in [1.29, 1.82) is 0 Å². The maximum absolute atomic E-state index is 12.8. The highest BCUT2D eigenvalue weighted by atomic mass is 16.3. The van der Waals surface area contributed by atoms with Gasteiger partial charge >= 0.3 is 0 Å². The predicted molar refractivity (Wildman–Crippen MR) is 107 cm³/mol. The second kappa shape index (κ2) is 7.06. The summed E-state index contributed by atoms with van der Waals surface area (Å²) in [4.78, 5) is 32.0. The molecule has 2 N–H and O–H groups in total. The molecular weight excluding hydrogens is 368 g/mol. The molecule has 1 aliphatic heterocycles. The summed E-state index contributed by atoms with van der Waals surface area (Å²) in [6.07, 6.45) is 6.54. The molecule has 1 aliphatic rings. The van der Waals surface area contributed by atoms with Crippen molar-refractivity contribution in [3.63, 3.8) is 0 Å². The average Bonchev–Trinajstić information content (AvgIpc) is 3.26. The van der Waals surface area contributed by atoms with Crippen LogP contribution in [0.1, 0.15) is 16.2 Å². The van der Waals surface area contributed by atoms with Crippen LogP contribution in [0.3, 0.4) is 0 Å². The Kier molecular flexibility index (Phi) is 4.25. The fourth-order valence-corrected chi connectivity index (χ4v) is 3.37. The van der Waals surface area contributed by atoms with Crippen LogP contribution in [0.15, 0.2) is 59.7 Å². The van der Waals surface area contributed by atoms with E-state index in [0.29, 0.717) is 17.1 Å². The number of anilines is 1. The van der Waals surface area contributed by atoms with Gasteiger partial charge in [-0.05, 0) is 18.2 Å². The van der Waals surface area contributed by atoms with Gasteiger partial charge in [0.25, 0.3) is 0 Å². The molecule has 0 spiro atoms. The monoisotopic (exact) mass is 386 g/mol. The SMILES string of the molecule is NC1CN(c2cc(C(=O)Cc3ncc4ccc(-c5cnco5)cc4n3)ccn2)C1. The maximum atomic E-state index is 12.8. The molecule has 0 bridgehead atoms. The van der Waals surface area contributed by atoms with Crippen LogP contribution in [0.2, 0.25) is 0 Å². The quantitative estimate of drug-likeness (QED) is 0.520. The number of aromatic nitrogens is 4. The highest BCUT2D eigenvalue weighted by molar-refractivity contribution is 5.98. The van der Waals surface area contributed by atoms with Gasteiger partial charge in [0.05, 0.1) is 18.1 Å². The predicted octanol–water partition coefficient (Wildman–Crippen LogP) is 2.25. The second-order valence-corrected chi connectivity index (χ2v) is 7.09. The van der Waals surface area contributed by atoms with Crippen molar-refractivity contribution in [2.45, 2.75) is 12.5 Å². The molecule has 0 aliphatic carbocycles. The van der Waals surface area contributed by atoms with Gasteiger partial charge in [0, 0.05) is 48.0 Å². The van der Waals surface area contributed by atoms with Crippen LogP contribution in [0.25, 0.3) is 22.2 Å². The fourth-order valence-electron chi connectivity index (χ4n) is 3.37. The highest BCUT2D eigenvalue weighted by Gasteiger charge is 2.24. The Bertz CT molecular complexity index is 1180. The molecule has 0 atom stereocenters. The minimum Gasteiger partial charge on any atom is -0.444 e. The van der Waals surface area contributed by atoms with E-state index in [4.69, 9.17) is 10.2 Å². The summed E-state index contributed by atoms with van der Waals surface area (Å²) in [7, 11) is 0. The van der Waals surface area contributed by atoms with Crippen LogP contribution in [-0.4, -0.2) is 44.9 Å². The van der Waals surface area contributed by atoms with Crippen LogP contribution >= 0.6 is 0 Å². The first kappa shape index (κ1) is 17.4. The number of carbonyl (C=O) groups excluding carboxylic acids is 1. The van der Waals surface area contributed by atoms with Crippen LogP contribution in [0, 0.1) is 0 Å². The van der Waals surface area contributed by atoms with Crippen molar-refractivity contribution < 1.29 is 9.21 Å². The van der Waals surface area contributed by atoms with Crippen molar-refractivity contribution in [3.05, 3.63) is 66.7 Å². The number of nitrogens with zero attached hydrogens (tertiary/aromatic N) is 5. The first-order chi connectivity index (χ1) is 14.2. The summed E-state index contributed by atoms with van der Waals surface area (Å²) < 4.78 is 5.35. The molecule has 0 unspecified atom stereocenters. The highest BCUT2D eigenvalue weighted by Crippen LogP contribution is 2.23. The van der Waals surface area contributed by atoms with Gasteiger partial charge in [-0.2, -0.15) is 0 Å². The Morgan fingerprint density at radius 3 is 2.86 bits per heavy atom. The molecule has 29 heavy (non-hydrogen) atoms. The first-order valence-corrected chi connectivity index (χ1v) is 9.30. The number of hydrogen-bond donors (Lipinski definition) is 1. The zero-order chi connectivity index (χ0) is 19.8. The lowest BCUT2D eigenvalue weighted by atomic mass is 10.1. The smallest absolute Gasteiger partial charge is 0.181 e. The lowest BCUT2D eigenvalue weighted by molar-refractivity contribution is 0.0991. The lowest BCUT2D eigenvalue weighted by Gasteiger charge is -2.37. The van der Waals surface area contributed by atoms with Crippen LogP contribution in [0.5, 0.6) is 0 Å². The summed E-state index contributed by atoms with van der Waals surface area (Å²) in [6.45, 7) is 1.51. The van der Waals surface area contributed by atoms with E-state index in [0.717, 1.165) is 35.4 Å². The van der Waals surface area contributed by atoms with Crippen molar-refractivity contribution >= 4 is 22.5 Å². The minimum absolute atomic E-state index is 0.0517. The summed E-state index contributed by atoms with van der Waals surface area (Å²) in [5.74, 6) is 1.86. The third-order valence-corrected chi connectivity index (χ3v) is 4.97. The second-order valence-electron chi connectivity index (χ2n) is 7.09. The maximum Gasteiger partial charge on any atom is 0.181 e. The molecule has 0 saturated carbocycles. The normalized spacial score (nSPS) is 14.2. The van der Waals surface area contributed by atoms with E-state index in [1.54, 1.807) is 30.7 Å². The lowest BCUT2D eigenvalue weighted by Crippen LogP contribution is -2.56. The largest absolute Gasteiger partial charge is 0.444 e. The van der Waals surface area contributed by atoms with E-state index in [9.17, 15) is 4.79 Å². The van der Waals surface area contributed by atoms with E-state index in [2.05, 4.69) is 24.8 Å². The summed E-state index contributed by atoms with van der Waals surface area (Å²) in [6, 6.07) is 9.45. The van der Waals surface area contributed by atoms with E-state index in [1.807, 2.05) is 18.2 Å². The van der Waals surface area contributed by atoms with E-state index in [1.165, 1.54) is 6.39 Å². The molecule has 144 valence electrons. The number of oxazole rings is 1. The van der Waals surface area contributed by atoms with Gasteiger partial charge in [-0.15, -0.1) is 0 Å². The standard InChI is InChI=1S/C21H18N6O2/c22-16-10-27(11-16)21-6-13(3-4-24-21)18(28)7-20-25-8-15-2-1-14(5-17(15)26-20)19-9-23-12-29-19/h1-6,8-9,12,16H,7,10-11,22H2. The number of Topliss-reactive ketones (excluding diaryl/α,β-unsaturated/α-hetero) is 1. The average molecular weight is 386 g/mol. The number of carbonyl (C=O) groups is 1. The van der Waals surface area contributed by atoms with Crippen molar-refractivity contribution in [2.75, 3.05) is 18.0 Å². The number of hydrogen-bond acceptors (Lipinski definition) is 8. The van der Waals surface area contributed by atoms with Gasteiger partial charge in [0.1, 0.15) is 11.6 Å². The zero-order valence-electron chi connectivity index (χ0n) is 15.5. The van der Waals surface area contributed by atoms with Gasteiger partial charge in [0.2, 0.25) is 0 Å². The Morgan fingerprint density at radius 2 is 2.07 bits per heavy atom. The van der Waals surface area contributed by atoms with Crippen LogP contribution < -0.4 is 10.6 Å². The number of pyridine rings is 1. The molecule has 4 heterocycles. The number of nitrogens with two attached hydrogens (primary N) is 1. The van der Waals surface area contributed by atoms with Crippen molar-refractivity contribution in [2.24, 2.45) is 5.73 Å². The Morgan fingerprint density at radius 1 is 1.17 bits per heavy atom. The van der Waals surface area contributed by atoms with Crippen molar-refractivity contribution in [3.8, 4) is 11.3 Å². The first-order valence-electron chi connectivity index (χ1n) is 9.30. The van der Waals surface area contributed by atoms with E-state index < -0.39 is 0 Å². The third-order valence-electron chi connectivity index (χ3n) is 4.97. The van der Waals surface area contributed by atoms with Gasteiger partial charge in [-0.3, -0.25) is 4.79 Å². The van der Waals surface area contributed by atoms with Gasteiger partial charge < -0.3 is 15.1 Å². The molecule has 8 heteroatoms. The van der Waals surface area contributed by atoms with Gasteiger partial charge in [-0.1, -0.05) is 12.1 Å². The number of rotatable bonds is 5. The summed E-state index contributed by atoms with van der Waals surface area (Å²) in [5.41, 5.74) is 8.05. The molecule has 1 fully saturated rings. The van der Waals surface area contributed by atoms with Crippen molar-refractivity contribution in [1.82, 2.24) is 19.9 Å². The van der Waals surface area contributed by atoms with E-state index >= 15 is 0 Å².